The van der Waals surface area contributed by atoms with E-state index in [9.17, 15) is 22.8 Å². The third kappa shape index (κ3) is 5.66. The third-order valence-corrected chi connectivity index (χ3v) is 5.81. The lowest BCUT2D eigenvalue weighted by Crippen LogP contribution is -2.23. The Morgan fingerprint density at radius 2 is 1.83 bits per heavy atom. The molecule has 9 heteroatoms. The van der Waals surface area contributed by atoms with E-state index in [1.807, 2.05) is 0 Å². The topological polar surface area (TPSA) is 84.1 Å². The molecule has 1 aliphatic rings. The highest BCUT2D eigenvalue weighted by atomic mass is 19.4. The molecule has 0 bridgehead atoms. The predicted octanol–water partition coefficient (Wildman–Crippen LogP) is 6.34. The SMILES string of the molecule is CCC(Nc1ccc(C(=O)OC(C)(C)C)cc1)c1cc2c(=O)[nH]c(C3CC3)nc2cc1C(F)(F)F. The number of halogens is 3. The van der Waals surface area contributed by atoms with Gasteiger partial charge in [0.1, 0.15) is 11.4 Å². The molecule has 1 heterocycles. The number of H-pyrrole nitrogens is 1. The Morgan fingerprint density at radius 3 is 2.37 bits per heavy atom. The van der Waals surface area contributed by atoms with Gasteiger partial charge in [-0.25, -0.2) is 9.78 Å². The highest BCUT2D eigenvalue weighted by molar-refractivity contribution is 5.90. The van der Waals surface area contributed by atoms with Crippen LogP contribution in [0.1, 0.15) is 86.2 Å². The van der Waals surface area contributed by atoms with E-state index in [2.05, 4.69) is 15.3 Å². The summed E-state index contributed by atoms with van der Waals surface area (Å²) >= 11 is 0. The number of fused-ring (bicyclic) bond motifs is 1. The Bertz CT molecular complexity index is 1300. The van der Waals surface area contributed by atoms with E-state index in [0.29, 0.717) is 23.5 Å². The Morgan fingerprint density at radius 1 is 1.17 bits per heavy atom. The van der Waals surface area contributed by atoms with Gasteiger partial charge in [0.05, 0.1) is 28.1 Å². The van der Waals surface area contributed by atoms with Gasteiger partial charge in [0, 0.05) is 11.6 Å². The molecule has 2 aromatic carbocycles. The largest absolute Gasteiger partial charge is 0.456 e. The summed E-state index contributed by atoms with van der Waals surface area (Å²) in [7, 11) is 0. The number of rotatable bonds is 6. The van der Waals surface area contributed by atoms with Gasteiger partial charge >= 0.3 is 12.1 Å². The van der Waals surface area contributed by atoms with Crippen molar-refractivity contribution in [2.75, 3.05) is 5.32 Å². The van der Waals surface area contributed by atoms with Crippen LogP contribution in [0, 0.1) is 0 Å². The number of nitrogens with one attached hydrogen (secondary N) is 2. The highest BCUT2D eigenvalue weighted by Crippen LogP contribution is 2.40. The van der Waals surface area contributed by atoms with Crippen LogP contribution in [-0.4, -0.2) is 21.5 Å². The van der Waals surface area contributed by atoms with E-state index >= 15 is 0 Å². The van der Waals surface area contributed by atoms with E-state index in [-0.39, 0.29) is 22.4 Å². The summed E-state index contributed by atoms with van der Waals surface area (Å²) in [5.41, 5.74) is -1.02. The summed E-state index contributed by atoms with van der Waals surface area (Å²) in [5, 5.41) is 3.23. The second kappa shape index (κ2) is 9.02. The molecule has 2 N–H and O–H groups in total. The standard InChI is InChI=1S/C26H28F3N3O3/c1-5-20(30-16-10-8-15(9-11-16)24(34)35-25(2,3)4)17-12-18-21(13-19(17)26(27,28)29)31-22(14-6-7-14)32-23(18)33/h8-14,20,30H,5-7H2,1-4H3,(H,31,32,33). The van der Waals surface area contributed by atoms with E-state index < -0.39 is 34.9 Å². The molecule has 0 aliphatic heterocycles. The minimum Gasteiger partial charge on any atom is -0.456 e. The third-order valence-electron chi connectivity index (χ3n) is 5.81. The zero-order chi connectivity index (χ0) is 25.5. The molecule has 1 unspecified atom stereocenters. The Balaban J connectivity index is 1.68. The van der Waals surface area contributed by atoms with Crippen molar-refractivity contribution in [1.29, 1.82) is 0 Å². The molecular formula is C26H28F3N3O3. The van der Waals surface area contributed by atoms with Crippen molar-refractivity contribution in [3.05, 3.63) is 69.3 Å². The van der Waals surface area contributed by atoms with E-state index in [1.165, 1.54) is 6.07 Å². The average molecular weight is 488 g/mol. The molecule has 4 rings (SSSR count). The van der Waals surface area contributed by atoms with Crippen molar-refractivity contribution in [2.45, 2.75) is 70.7 Å². The van der Waals surface area contributed by atoms with Crippen LogP contribution < -0.4 is 10.9 Å². The number of nitrogens with zero attached hydrogens (tertiary/aromatic N) is 1. The van der Waals surface area contributed by atoms with Gasteiger partial charge < -0.3 is 15.0 Å². The fourth-order valence-corrected chi connectivity index (χ4v) is 3.95. The van der Waals surface area contributed by atoms with Crippen LogP contribution in [-0.2, 0) is 10.9 Å². The van der Waals surface area contributed by atoms with Gasteiger partial charge in [0.25, 0.3) is 5.56 Å². The molecule has 3 aromatic rings. The number of alkyl halides is 3. The molecule has 0 radical (unpaired) electrons. The molecule has 186 valence electrons. The second-order valence-corrected chi connectivity index (χ2v) is 9.86. The molecule has 1 fully saturated rings. The maximum absolute atomic E-state index is 14.1. The van der Waals surface area contributed by atoms with Crippen LogP contribution >= 0.6 is 0 Å². The Hall–Kier alpha value is -3.36. The molecule has 0 amide bonds. The first kappa shape index (κ1) is 24.8. The zero-order valence-electron chi connectivity index (χ0n) is 20.0. The number of carbonyl (C=O) groups excluding carboxylic acids is 1. The maximum atomic E-state index is 14.1. The minimum absolute atomic E-state index is 0.0322. The lowest BCUT2D eigenvalue weighted by molar-refractivity contribution is -0.138. The predicted molar refractivity (Wildman–Crippen MR) is 128 cm³/mol. The first-order valence-corrected chi connectivity index (χ1v) is 11.6. The van der Waals surface area contributed by atoms with E-state index in [0.717, 1.165) is 18.9 Å². The summed E-state index contributed by atoms with van der Waals surface area (Å²) in [6, 6.07) is 7.88. The number of benzene rings is 2. The smallest absolute Gasteiger partial charge is 0.416 e. The number of esters is 1. The van der Waals surface area contributed by atoms with Gasteiger partial charge in [-0.2, -0.15) is 13.2 Å². The molecule has 35 heavy (non-hydrogen) atoms. The summed E-state index contributed by atoms with van der Waals surface area (Å²) in [5.74, 6) is 0.0655. The van der Waals surface area contributed by atoms with Crippen molar-refractivity contribution in [2.24, 2.45) is 0 Å². The van der Waals surface area contributed by atoms with Gasteiger partial charge in [0.15, 0.2) is 0 Å². The van der Waals surface area contributed by atoms with Gasteiger partial charge in [0.2, 0.25) is 0 Å². The van der Waals surface area contributed by atoms with Gasteiger partial charge in [-0.05, 0) is 82.0 Å². The quantitative estimate of drug-likeness (QED) is 0.397. The van der Waals surface area contributed by atoms with E-state index in [1.54, 1.807) is 52.0 Å². The molecule has 1 aromatic heterocycles. The molecule has 1 saturated carbocycles. The number of carbonyl (C=O) groups is 1. The summed E-state index contributed by atoms with van der Waals surface area (Å²) in [6.07, 6.45) is -2.56. The molecule has 0 saturated heterocycles. The summed E-state index contributed by atoms with van der Waals surface area (Å²) in [4.78, 5) is 32.0. The lowest BCUT2D eigenvalue weighted by atomic mass is 9.95. The highest BCUT2D eigenvalue weighted by Gasteiger charge is 2.36. The summed E-state index contributed by atoms with van der Waals surface area (Å²) < 4.78 is 47.5. The lowest BCUT2D eigenvalue weighted by Gasteiger charge is -2.24. The van der Waals surface area contributed by atoms with Crippen molar-refractivity contribution in [3.8, 4) is 0 Å². The van der Waals surface area contributed by atoms with Crippen LogP contribution in [0.25, 0.3) is 10.9 Å². The number of anilines is 1. The molecule has 1 aliphatic carbocycles. The monoisotopic (exact) mass is 487 g/mol. The molecule has 0 spiro atoms. The van der Waals surface area contributed by atoms with Gasteiger partial charge in [-0.15, -0.1) is 0 Å². The van der Waals surface area contributed by atoms with Crippen LogP contribution in [0.15, 0.2) is 41.2 Å². The first-order valence-electron chi connectivity index (χ1n) is 11.6. The van der Waals surface area contributed by atoms with Crippen molar-refractivity contribution in [1.82, 2.24) is 9.97 Å². The molecular weight excluding hydrogens is 459 g/mol. The zero-order valence-corrected chi connectivity index (χ0v) is 20.0. The Labute approximate surface area is 200 Å². The fourth-order valence-electron chi connectivity index (χ4n) is 3.95. The first-order chi connectivity index (χ1) is 16.4. The Kier molecular flexibility index (Phi) is 6.38. The van der Waals surface area contributed by atoms with Gasteiger partial charge in [-0.1, -0.05) is 6.92 Å². The van der Waals surface area contributed by atoms with Crippen LogP contribution in [0.3, 0.4) is 0 Å². The average Bonchev–Trinajstić information content (AvgIpc) is 3.61. The minimum atomic E-state index is -4.62. The van der Waals surface area contributed by atoms with Crippen molar-refractivity contribution < 1.29 is 22.7 Å². The van der Waals surface area contributed by atoms with Crippen LogP contribution in [0.2, 0.25) is 0 Å². The van der Waals surface area contributed by atoms with Gasteiger partial charge in [-0.3, -0.25) is 4.79 Å². The molecule has 1 atom stereocenters. The van der Waals surface area contributed by atoms with Crippen molar-refractivity contribution in [3.63, 3.8) is 0 Å². The normalized spacial score (nSPS) is 15.2. The number of hydrogen-bond acceptors (Lipinski definition) is 5. The number of hydrogen-bond donors (Lipinski definition) is 2. The maximum Gasteiger partial charge on any atom is 0.416 e. The fraction of sp³-hybridized carbons (Fsp3) is 0.423. The summed E-state index contributed by atoms with van der Waals surface area (Å²) in [6.45, 7) is 7.06. The number of aromatic nitrogens is 2. The number of aromatic amines is 1. The van der Waals surface area contributed by atoms with Crippen LogP contribution in [0.4, 0.5) is 18.9 Å². The van der Waals surface area contributed by atoms with Crippen LogP contribution in [0.5, 0.6) is 0 Å². The second-order valence-electron chi connectivity index (χ2n) is 9.86. The number of ether oxygens (including phenoxy) is 1. The van der Waals surface area contributed by atoms with Crippen molar-refractivity contribution >= 4 is 22.6 Å². The molecule has 6 nitrogen and oxygen atoms in total. The van der Waals surface area contributed by atoms with E-state index in [4.69, 9.17) is 4.74 Å².